The van der Waals surface area contributed by atoms with E-state index in [9.17, 15) is 9.59 Å². The van der Waals surface area contributed by atoms with Crippen LogP contribution < -0.4 is 5.32 Å². The number of carbonyl (C=O) groups is 2. The fourth-order valence-corrected chi connectivity index (χ4v) is 3.05. The monoisotopic (exact) mass is 369 g/mol. The van der Waals surface area contributed by atoms with Gasteiger partial charge >= 0.3 is 0 Å². The predicted octanol–water partition coefficient (Wildman–Crippen LogP) is 3.35. The average molecular weight is 370 g/mol. The molecule has 2 rings (SSSR count). The van der Waals surface area contributed by atoms with E-state index in [0.29, 0.717) is 17.8 Å². The number of benzene rings is 1. The van der Waals surface area contributed by atoms with E-state index in [4.69, 9.17) is 0 Å². The largest absolute Gasteiger partial charge is 0.355 e. The lowest BCUT2D eigenvalue weighted by Gasteiger charge is -2.20. The van der Waals surface area contributed by atoms with Crippen molar-refractivity contribution in [3.8, 4) is 0 Å². The van der Waals surface area contributed by atoms with Crippen LogP contribution in [0.25, 0.3) is 0 Å². The summed E-state index contributed by atoms with van der Waals surface area (Å²) in [4.78, 5) is 27.3. The summed E-state index contributed by atoms with van der Waals surface area (Å²) >= 11 is 0. The number of rotatable bonds is 12. The van der Waals surface area contributed by atoms with Crippen LogP contribution in [0, 0.1) is 0 Å². The Morgan fingerprint density at radius 3 is 2.44 bits per heavy atom. The topological polar surface area (TPSA) is 54.3 Å². The fourth-order valence-electron chi connectivity index (χ4n) is 3.05. The van der Waals surface area contributed by atoms with Crippen molar-refractivity contribution < 1.29 is 9.59 Å². The van der Waals surface area contributed by atoms with Crippen LogP contribution in [-0.4, -0.2) is 47.3 Å². The van der Waals surface area contributed by atoms with E-state index in [-0.39, 0.29) is 18.2 Å². The summed E-state index contributed by atoms with van der Waals surface area (Å²) in [6, 6.07) is 12.7. The van der Waals surface area contributed by atoms with Crippen LogP contribution in [0.4, 0.5) is 0 Å². The molecule has 0 fully saturated rings. The number of aromatic nitrogens is 1. The zero-order valence-corrected chi connectivity index (χ0v) is 16.5. The Morgan fingerprint density at radius 2 is 1.74 bits per heavy atom. The van der Waals surface area contributed by atoms with Crippen LogP contribution in [0.5, 0.6) is 0 Å². The molecule has 0 saturated carbocycles. The standard InChI is InChI=1S/C22H31N3O2/c1-3-5-15-24(4-2)16-10-14-23-21(26)18-25-17-9-13-20(25)22(27)19-11-7-6-8-12-19/h6-9,11-13,17H,3-5,10,14-16,18H2,1-2H3,(H,23,26). The molecular weight excluding hydrogens is 338 g/mol. The summed E-state index contributed by atoms with van der Waals surface area (Å²) in [6.45, 7) is 8.35. The lowest BCUT2D eigenvalue weighted by molar-refractivity contribution is -0.121. The molecule has 0 unspecified atom stereocenters. The molecule has 27 heavy (non-hydrogen) atoms. The average Bonchev–Trinajstić information content (AvgIpc) is 3.15. The van der Waals surface area contributed by atoms with Crippen molar-refractivity contribution in [1.29, 1.82) is 0 Å². The second kappa shape index (κ2) is 11.3. The van der Waals surface area contributed by atoms with E-state index < -0.39 is 0 Å². The van der Waals surface area contributed by atoms with Gasteiger partial charge in [0.2, 0.25) is 11.7 Å². The van der Waals surface area contributed by atoms with E-state index in [0.717, 1.165) is 26.1 Å². The molecule has 2 aromatic rings. The normalized spacial score (nSPS) is 10.9. The first-order valence-corrected chi connectivity index (χ1v) is 9.89. The maximum absolute atomic E-state index is 12.6. The van der Waals surface area contributed by atoms with Gasteiger partial charge in [0.05, 0.1) is 5.69 Å². The van der Waals surface area contributed by atoms with Crippen LogP contribution in [0.2, 0.25) is 0 Å². The van der Waals surface area contributed by atoms with Gasteiger partial charge < -0.3 is 14.8 Å². The SMILES string of the molecule is CCCCN(CC)CCCNC(=O)Cn1cccc1C(=O)c1ccccc1. The molecule has 0 aliphatic rings. The Balaban J connectivity index is 1.80. The fraction of sp³-hybridized carbons (Fsp3) is 0.455. The highest BCUT2D eigenvalue weighted by atomic mass is 16.2. The Labute approximate surface area is 162 Å². The molecule has 1 heterocycles. The number of nitrogens with zero attached hydrogens (tertiary/aromatic N) is 2. The third-order valence-electron chi connectivity index (χ3n) is 4.66. The predicted molar refractivity (Wildman–Crippen MR) is 109 cm³/mol. The second-order valence-corrected chi connectivity index (χ2v) is 6.71. The zero-order chi connectivity index (χ0) is 19.5. The molecule has 1 N–H and O–H groups in total. The number of ketones is 1. The van der Waals surface area contributed by atoms with Gasteiger partial charge in [-0.3, -0.25) is 9.59 Å². The van der Waals surface area contributed by atoms with Crippen molar-refractivity contribution in [3.05, 3.63) is 59.9 Å². The van der Waals surface area contributed by atoms with Crippen LogP contribution >= 0.6 is 0 Å². The van der Waals surface area contributed by atoms with Crippen molar-refractivity contribution in [1.82, 2.24) is 14.8 Å². The van der Waals surface area contributed by atoms with Crippen molar-refractivity contribution >= 4 is 11.7 Å². The molecule has 1 amide bonds. The number of nitrogens with one attached hydrogen (secondary N) is 1. The highest BCUT2D eigenvalue weighted by Crippen LogP contribution is 2.10. The highest BCUT2D eigenvalue weighted by molar-refractivity contribution is 6.08. The first-order valence-electron chi connectivity index (χ1n) is 9.89. The minimum atomic E-state index is -0.0667. The van der Waals surface area contributed by atoms with Crippen molar-refractivity contribution in [2.75, 3.05) is 26.2 Å². The van der Waals surface area contributed by atoms with Crippen molar-refractivity contribution in [3.63, 3.8) is 0 Å². The highest BCUT2D eigenvalue weighted by Gasteiger charge is 2.14. The first kappa shape index (κ1) is 20.9. The Morgan fingerprint density at radius 1 is 1.00 bits per heavy atom. The van der Waals surface area contributed by atoms with Gasteiger partial charge in [0, 0.05) is 18.3 Å². The summed E-state index contributed by atoms with van der Waals surface area (Å²) in [7, 11) is 0. The Bertz CT molecular complexity index is 709. The summed E-state index contributed by atoms with van der Waals surface area (Å²) < 4.78 is 1.71. The van der Waals surface area contributed by atoms with Gasteiger partial charge in [-0.1, -0.05) is 50.6 Å². The summed E-state index contributed by atoms with van der Waals surface area (Å²) in [5.41, 5.74) is 1.16. The molecule has 1 aromatic heterocycles. The van der Waals surface area contributed by atoms with Gasteiger partial charge in [-0.05, 0) is 44.6 Å². The molecule has 0 radical (unpaired) electrons. The lowest BCUT2D eigenvalue weighted by Crippen LogP contribution is -2.32. The van der Waals surface area contributed by atoms with Gasteiger partial charge in [0.1, 0.15) is 6.54 Å². The Hall–Kier alpha value is -2.40. The molecule has 0 bridgehead atoms. The molecule has 0 aliphatic carbocycles. The van der Waals surface area contributed by atoms with Gasteiger partial charge in [-0.25, -0.2) is 0 Å². The third kappa shape index (κ3) is 6.68. The van der Waals surface area contributed by atoms with Crippen LogP contribution in [0.15, 0.2) is 48.7 Å². The number of amides is 1. The van der Waals surface area contributed by atoms with Gasteiger partial charge in [0.15, 0.2) is 0 Å². The maximum atomic E-state index is 12.6. The molecule has 5 heteroatoms. The second-order valence-electron chi connectivity index (χ2n) is 6.71. The molecule has 146 valence electrons. The molecule has 0 aliphatic heterocycles. The van der Waals surface area contributed by atoms with Gasteiger partial charge in [-0.2, -0.15) is 0 Å². The van der Waals surface area contributed by atoms with E-state index >= 15 is 0 Å². The summed E-state index contributed by atoms with van der Waals surface area (Å²) in [6.07, 6.45) is 5.13. The smallest absolute Gasteiger partial charge is 0.239 e. The lowest BCUT2D eigenvalue weighted by atomic mass is 10.1. The molecule has 0 atom stereocenters. The minimum absolute atomic E-state index is 0.0649. The molecule has 1 aromatic carbocycles. The van der Waals surface area contributed by atoms with Crippen molar-refractivity contribution in [2.45, 2.75) is 39.7 Å². The summed E-state index contributed by atoms with van der Waals surface area (Å²) in [5, 5.41) is 2.96. The number of carbonyl (C=O) groups excluding carboxylic acids is 2. The summed E-state index contributed by atoms with van der Waals surface area (Å²) in [5.74, 6) is -0.132. The van der Waals surface area contributed by atoms with Crippen molar-refractivity contribution in [2.24, 2.45) is 0 Å². The van der Waals surface area contributed by atoms with Gasteiger partial charge in [0.25, 0.3) is 0 Å². The zero-order valence-electron chi connectivity index (χ0n) is 16.5. The molecule has 5 nitrogen and oxygen atoms in total. The minimum Gasteiger partial charge on any atom is -0.355 e. The van der Waals surface area contributed by atoms with Crippen LogP contribution in [0.3, 0.4) is 0 Å². The van der Waals surface area contributed by atoms with E-state index in [1.807, 2.05) is 18.2 Å². The van der Waals surface area contributed by atoms with E-state index in [1.54, 1.807) is 35.0 Å². The van der Waals surface area contributed by atoms with E-state index in [1.165, 1.54) is 12.8 Å². The maximum Gasteiger partial charge on any atom is 0.239 e. The van der Waals surface area contributed by atoms with E-state index in [2.05, 4.69) is 24.1 Å². The number of hydrogen-bond donors (Lipinski definition) is 1. The van der Waals surface area contributed by atoms with Crippen LogP contribution in [-0.2, 0) is 11.3 Å². The molecule has 0 saturated heterocycles. The molecule has 0 spiro atoms. The molecular formula is C22H31N3O2. The third-order valence-corrected chi connectivity index (χ3v) is 4.66. The first-order chi connectivity index (χ1) is 13.2. The van der Waals surface area contributed by atoms with Gasteiger partial charge in [-0.15, -0.1) is 0 Å². The Kier molecular flexibility index (Phi) is 8.78. The number of unbranched alkanes of at least 4 members (excludes halogenated alkanes) is 1. The van der Waals surface area contributed by atoms with Crippen LogP contribution in [0.1, 0.15) is 49.2 Å². The number of hydrogen-bond acceptors (Lipinski definition) is 3. The quantitative estimate of drug-likeness (QED) is 0.461.